The molecule has 0 unspecified atom stereocenters. The standard InChI is InChI=1S/C16H18N4S3/c1-3-8-17-15-19-20-16(23-15)22-10-13-9-21-14(18-13)12-6-4-11(2)5-7-12/h4-7,9H,3,8,10H2,1-2H3,(H,17,19). The summed E-state index contributed by atoms with van der Waals surface area (Å²) in [6, 6.07) is 8.50. The van der Waals surface area contributed by atoms with Gasteiger partial charge >= 0.3 is 0 Å². The summed E-state index contributed by atoms with van der Waals surface area (Å²) >= 11 is 4.98. The van der Waals surface area contributed by atoms with Gasteiger partial charge in [-0.15, -0.1) is 21.5 Å². The van der Waals surface area contributed by atoms with Crippen molar-refractivity contribution in [3.8, 4) is 10.6 Å². The van der Waals surface area contributed by atoms with Crippen LogP contribution in [0.1, 0.15) is 24.6 Å². The number of aromatic nitrogens is 3. The third-order valence-corrected chi connectivity index (χ3v) is 6.11. The highest BCUT2D eigenvalue weighted by Gasteiger charge is 2.08. The Morgan fingerprint density at radius 3 is 2.78 bits per heavy atom. The zero-order chi connectivity index (χ0) is 16.1. The molecule has 0 fully saturated rings. The Labute approximate surface area is 148 Å². The number of hydrogen-bond donors (Lipinski definition) is 1. The summed E-state index contributed by atoms with van der Waals surface area (Å²) in [5.74, 6) is 0.824. The van der Waals surface area contributed by atoms with Crippen molar-refractivity contribution in [1.82, 2.24) is 15.2 Å². The highest BCUT2D eigenvalue weighted by Crippen LogP contribution is 2.30. The average molecular weight is 363 g/mol. The fraction of sp³-hybridized carbons (Fsp3) is 0.312. The van der Waals surface area contributed by atoms with Crippen LogP contribution < -0.4 is 5.32 Å². The molecule has 0 atom stereocenters. The van der Waals surface area contributed by atoms with Crippen LogP contribution in [0.15, 0.2) is 34.0 Å². The molecule has 0 bridgehead atoms. The maximum absolute atomic E-state index is 4.72. The molecular formula is C16H18N4S3. The second kappa shape index (κ2) is 7.90. The summed E-state index contributed by atoms with van der Waals surface area (Å²) in [4.78, 5) is 4.72. The maximum atomic E-state index is 4.72. The molecular weight excluding hydrogens is 344 g/mol. The predicted molar refractivity (Wildman–Crippen MR) is 101 cm³/mol. The Bertz CT molecular complexity index is 749. The third kappa shape index (κ3) is 4.53. The van der Waals surface area contributed by atoms with Gasteiger partial charge < -0.3 is 5.32 Å². The molecule has 2 heterocycles. The number of thiazole rings is 1. The van der Waals surface area contributed by atoms with Crippen molar-refractivity contribution in [2.75, 3.05) is 11.9 Å². The Morgan fingerprint density at radius 1 is 1.17 bits per heavy atom. The van der Waals surface area contributed by atoms with Crippen LogP contribution in [0.4, 0.5) is 5.13 Å². The fourth-order valence-corrected chi connectivity index (χ4v) is 4.51. The highest BCUT2D eigenvalue weighted by atomic mass is 32.2. The molecule has 0 aliphatic carbocycles. The van der Waals surface area contributed by atoms with Gasteiger partial charge in [-0.2, -0.15) is 0 Å². The van der Waals surface area contributed by atoms with Crippen LogP contribution in [0.5, 0.6) is 0 Å². The number of thioether (sulfide) groups is 1. The Morgan fingerprint density at radius 2 is 2.00 bits per heavy atom. The molecule has 0 saturated heterocycles. The molecule has 3 aromatic rings. The number of nitrogens with one attached hydrogen (secondary N) is 1. The third-order valence-electron chi connectivity index (χ3n) is 3.13. The van der Waals surface area contributed by atoms with Gasteiger partial charge in [0.05, 0.1) is 5.69 Å². The van der Waals surface area contributed by atoms with Crippen molar-refractivity contribution >= 4 is 39.6 Å². The van der Waals surface area contributed by atoms with Gasteiger partial charge in [-0.1, -0.05) is 59.9 Å². The van der Waals surface area contributed by atoms with E-state index in [0.717, 1.165) is 38.9 Å². The van der Waals surface area contributed by atoms with Crippen LogP contribution in [0, 0.1) is 6.92 Å². The van der Waals surface area contributed by atoms with E-state index in [1.807, 2.05) is 0 Å². The number of nitrogens with zero attached hydrogens (tertiary/aromatic N) is 3. The summed E-state index contributed by atoms with van der Waals surface area (Å²) < 4.78 is 0.980. The SMILES string of the molecule is CCCNc1nnc(SCc2csc(-c3ccc(C)cc3)n2)s1. The van der Waals surface area contributed by atoms with Crippen molar-refractivity contribution in [1.29, 1.82) is 0 Å². The van der Waals surface area contributed by atoms with Crippen LogP contribution in [0.3, 0.4) is 0 Å². The Kier molecular flexibility index (Phi) is 5.64. The molecule has 2 aromatic heterocycles. The first kappa shape index (κ1) is 16.4. The molecule has 4 nitrogen and oxygen atoms in total. The first-order chi connectivity index (χ1) is 11.2. The van der Waals surface area contributed by atoms with E-state index in [1.165, 1.54) is 11.1 Å². The molecule has 7 heteroatoms. The fourth-order valence-electron chi connectivity index (χ4n) is 1.91. The van der Waals surface area contributed by atoms with Crippen molar-refractivity contribution in [2.45, 2.75) is 30.4 Å². The van der Waals surface area contributed by atoms with E-state index in [2.05, 4.69) is 59.0 Å². The second-order valence-corrected chi connectivity index (χ2v) is 8.16. The van der Waals surface area contributed by atoms with Crippen LogP contribution in [0.2, 0.25) is 0 Å². The number of anilines is 1. The molecule has 0 radical (unpaired) electrons. The predicted octanol–water partition coefficient (Wildman–Crippen LogP) is 5.08. The molecule has 0 spiro atoms. The molecule has 0 aliphatic rings. The number of aryl methyl sites for hydroxylation is 1. The smallest absolute Gasteiger partial charge is 0.206 e. The van der Waals surface area contributed by atoms with Crippen molar-refractivity contribution in [3.63, 3.8) is 0 Å². The van der Waals surface area contributed by atoms with Crippen molar-refractivity contribution < 1.29 is 0 Å². The summed E-state index contributed by atoms with van der Waals surface area (Å²) in [7, 11) is 0. The summed E-state index contributed by atoms with van der Waals surface area (Å²) in [6.07, 6.45) is 1.09. The van der Waals surface area contributed by atoms with E-state index >= 15 is 0 Å². The molecule has 0 amide bonds. The number of rotatable bonds is 7. The largest absolute Gasteiger partial charge is 0.360 e. The molecule has 120 valence electrons. The Balaban J connectivity index is 1.58. The minimum absolute atomic E-state index is 0.824. The summed E-state index contributed by atoms with van der Waals surface area (Å²) in [5, 5.41) is 15.7. The van der Waals surface area contributed by atoms with Gasteiger partial charge in [-0.05, 0) is 13.3 Å². The van der Waals surface area contributed by atoms with Gasteiger partial charge in [0.2, 0.25) is 5.13 Å². The maximum Gasteiger partial charge on any atom is 0.206 e. The van der Waals surface area contributed by atoms with E-state index < -0.39 is 0 Å². The van der Waals surface area contributed by atoms with E-state index in [1.54, 1.807) is 34.4 Å². The number of benzene rings is 1. The summed E-state index contributed by atoms with van der Waals surface area (Å²) in [6.45, 7) is 5.17. The highest BCUT2D eigenvalue weighted by molar-refractivity contribution is 8.00. The van der Waals surface area contributed by atoms with Gasteiger partial charge in [0.1, 0.15) is 5.01 Å². The van der Waals surface area contributed by atoms with Gasteiger partial charge in [-0.3, -0.25) is 0 Å². The van der Waals surface area contributed by atoms with Gasteiger partial charge in [0.25, 0.3) is 0 Å². The molecule has 23 heavy (non-hydrogen) atoms. The second-order valence-electron chi connectivity index (χ2n) is 5.10. The van der Waals surface area contributed by atoms with E-state index in [9.17, 15) is 0 Å². The molecule has 0 aliphatic heterocycles. The lowest BCUT2D eigenvalue weighted by molar-refractivity contribution is 0.951. The summed E-state index contributed by atoms with van der Waals surface area (Å²) in [5.41, 5.74) is 3.54. The van der Waals surface area contributed by atoms with Gasteiger partial charge in [-0.25, -0.2) is 4.98 Å². The average Bonchev–Trinajstić information content (AvgIpc) is 3.21. The molecule has 1 aromatic carbocycles. The lowest BCUT2D eigenvalue weighted by atomic mass is 10.2. The zero-order valence-electron chi connectivity index (χ0n) is 13.1. The Hall–Kier alpha value is -1.44. The monoisotopic (exact) mass is 362 g/mol. The molecule has 3 rings (SSSR count). The lowest BCUT2D eigenvalue weighted by Crippen LogP contribution is -1.98. The minimum atomic E-state index is 0.824. The van der Waals surface area contributed by atoms with Crippen LogP contribution >= 0.6 is 34.4 Å². The normalized spacial score (nSPS) is 10.9. The topological polar surface area (TPSA) is 50.7 Å². The van der Waals surface area contributed by atoms with Gasteiger partial charge in [0.15, 0.2) is 4.34 Å². The van der Waals surface area contributed by atoms with E-state index in [-0.39, 0.29) is 0 Å². The zero-order valence-corrected chi connectivity index (χ0v) is 15.5. The number of hydrogen-bond acceptors (Lipinski definition) is 7. The lowest BCUT2D eigenvalue weighted by Gasteiger charge is -1.97. The van der Waals surface area contributed by atoms with Crippen LogP contribution in [-0.4, -0.2) is 21.7 Å². The minimum Gasteiger partial charge on any atom is -0.360 e. The first-order valence-corrected chi connectivity index (χ1v) is 10.1. The van der Waals surface area contributed by atoms with Crippen molar-refractivity contribution in [2.24, 2.45) is 0 Å². The molecule has 0 saturated carbocycles. The van der Waals surface area contributed by atoms with Crippen LogP contribution in [0.25, 0.3) is 10.6 Å². The van der Waals surface area contributed by atoms with E-state index in [4.69, 9.17) is 4.98 Å². The van der Waals surface area contributed by atoms with Crippen molar-refractivity contribution in [3.05, 3.63) is 40.9 Å². The van der Waals surface area contributed by atoms with Gasteiger partial charge in [0, 0.05) is 23.2 Å². The quantitative estimate of drug-likeness (QED) is 0.594. The van der Waals surface area contributed by atoms with E-state index in [0.29, 0.717) is 0 Å². The molecule has 1 N–H and O–H groups in total. The van der Waals surface area contributed by atoms with Crippen LogP contribution in [-0.2, 0) is 5.75 Å². The first-order valence-electron chi connectivity index (χ1n) is 7.46.